The summed E-state index contributed by atoms with van der Waals surface area (Å²) in [5.74, 6) is -1.19. The molecule has 1 aromatic rings. The predicted octanol–water partition coefficient (Wildman–Crippen LogP) is 1.81. The molecular weight excluding hydrogens is 336 g/mol. The van der Waals surface area contributed by atoms with Gasteiger partial charge in [-0.05, 0) is 23.8 Å². The van der Waals surface area contributed by atoms with Gasteiger partial charge in [-0.15, -0.1) is 0 Å². The van der Waals surface area contributed by atoms with E-state index in [4.69, 9.17) is 14.2 Å². The fraction of sp³-hybridized carbons (Fsp3) is 0.474. The molecule has 140 valence electrons. The van der Waals surface area contributed by atoms with Gasteiger partial charge in [0.15, 0.2) is 0 Å². The number of rotatable bonds is 3. The zero-order valence-corrected chi connectivity index (χ0v) is 15.8. The Hall–Kier alpha value is -2.54. The number of carbonyl (C=O) groups excluding carboxylic acids is 2. The van der Waals surface area contributed by atoms with Crippen LogP contribution < -0.4 is 9.80 Å². The van der Waals surface area contributed by atoms with E-state index < -0.39 is 11.9 Å². The zero-order valence-electron chi connectivity index (χ0n) is 15.8. The van der Waals surface area contributed by atoms with Gasteiger partial charge in [0.05, 0.1) is 26.4 Å². The third-order valence-electron chi connectivity index (χ3n) is 4.90. The molecule has 2 aliphatic rings. The summed E-state index contributed by atoms with van der Waals surface area (Å²) < 4.78 is 15.2. The molecule has 0 atom stereocenters. The summed E-state index contributed by atoms with van der Waals surface area (Å²) in [4.78, 5) is 28.4. The fourth-order valence-corrected chi connectivity index (χ4v) is 3.68. The summed E-state index contributed by atoms with van der Waals surface area (Å²) in [5, 5.41) is 0. The number of likely N-dealkylation sites (N-methyl/N-ethyl adjacent to an activating group) is 1. The number of methoxy groups -OCH3 is 2. The van der Waals surface area contributed by atoms with E-state index in [0.29, 0.717) is 0 Å². The molecule has 2 heterocycles. The van der Waals surface area contributed by atoms with Crippen LogP contribution in [0.15, 0.2) is 29.5 Å². The first kappa shape index (κ1) is 18.3. The van der Waals surface area contributed by atoms with E-state index in [2.05, 4.69) is 25.8 Å². The number of ether oxygens (including phenoxy) is 3. The number of hydrogen-bond acceptors (Lipinski definition) is 7. The zero-order chi connectivity index (χ0) is 19.1. The van der Waals surface area contributed by atoms with Gasteiger partial charge < -0.3 is 24.0 Å². The number of nitrogens with zero attached hydrogens (tertiary/aromatic N) is 2. The summed E-state index contributed by atoms with van der Waals surface area (Å²) in [7, 11) is 4.63. The molecule has 7 heteroatoms. The third kappa shape index (κ3) is 2.92. The topological polar surface area (TPSA) is 68.3 Å². The Labute approximate surface area is 153 Å². The number of benzene rings is 1. The van der Waals surface area contributed by atoms with Crippen molar-refractivity contribution < 1.29 is 23.8 Å². The van der Waals surface area contributed by atoms with E-state index in [1.807, 2.05) is 18.2 Å². The Morgan fingerprint density at radius 3 is 2.50 bits per heavy atom. The first-order chi connectivity index (χ1) is 12.3. The largest absolute Gasteiger partial charge is 0.466 e. The van der Waals surface area contributed by atoms with Gasteiger partial charge in [0.1, 0.15) is 12.4 Å². The van der Waals surface area contributed by atoms with Gasteiger partial charge >= 0.3 is 11.9 Å². The second kappa shape index (κ2) is 6.64. The SMILES string of the molecule is COC(=O)C1=C(C(=O)OC)N(c2ccc3c(c2)C(C)(C)CN3C)COC1. The molecule has 2 aliphatic heterocycles. The second-order valence-corrected chi connectivity index (χ2v) is 7.16. The van der Waals surface area contributed by atoms with E-state index >= 15 is 0 Å². The minimum Gasteiger partial charge on any atom is -0.466 e. The van der Waals surface area contributed by atoms with Crippen LogP contribution in [-0.2, 0) is 29.2 Å². The van der Waals surface area contributed by atoms with E-state index in [1.165, 1.54) is 19.8 Å². The first-order valence-corrected chi connectivity index (χ1v) is 8.41. The Morgan fingerprint density at radius 2 is 1.85 bits per heavy atom. The molecule has 7 nitrogen and oxygen atoms in total. The van der Waals surface area contributed by atoms with Gasteiger partial charge in [0, 0.05) is 30.4 Å². The number of carbonyl (C=O) groups is 2. The van der Waals surface area contributed by atoms with Crippen molar-refractivity contribution >= 4 is 23.3 Å². The fourth-order valence-electron chi connectivity index (χ4n) is 3.68. The molecule has 1 aromatic carbocycles. The van der Waals surface area contributed by atoms with Crippen molar-refractivity contribution in [1.82, 2.24) is 0 Å². The van der Waals surface area contributed by atoms with E-state index in [-0.39, 0.29) is 30.0 Å². The van der Waals surface area contributed by atoms with Gasteiger partial charge in [-0.3, -0.25) is 0 Å². The Balaban J connectivity index is 2.11. The molecule has 0 aliphatic carbocycles. The predicted molar refractivity (Wildman–Crippen MR) is 97.1 cm³/mol. The maximum atomic E-state index is 12.4. The highest BCUT2D eigenvalue weighted by Crippen LogP contribution is 2.42. The summed E-state index contributed by atoms with van der Waals surface area (Å²) >= 11 is 0. The number of esters is 2. The van der Waals surface area contributed by atoms with Crippen LogP contribution in [0.25, 0.3) is 0 Å². The molecule has 0 N–H and O–H groups in total. The molecule has 0 unspecified atom stereocenters. The molecule has 0 fully saturated rings. The molecule has 0 aromatic heterocycles. The summed E-state index contributed by atoms with van der Waals surface area (Å²) in [5.41, 5.74) is 3.42. The van der Waals surface area contributed by atoms with E-state index in [0.717, 1.165) is 17.9 Å². The number of hydrogen-bond donors (Lipinski definition) is 0. The van der Waals surface area contributed by atoms with Crippen LogP contribution in [0, 0.1) is 0 Å². The molecule has 0 radical (unpaired) electrons. The minimum atomic E-state index is -0.601. The van der Waals surface area contributed by atoms with Crippen LogP contribution >= 0.6 is 0 Å². The lowest BCUT2D eigenvalue weighted by molar-refractivity contribution is -0.140. The summed E-state index contributed by atoms with van der Waals surface area (Å²) in [6.45, 7) is 5.44. The van der Waals surface area contributed by atoms with Crippen molar-refractivity contribution in [2.45, 2.75) is 19.3 Å². The lowest BCUT2D eigenvalue weighted by Gasteiger charge is -2.32. The minimum absolute atomic E-state index is 0.00672. The van der Waals surface area contributed by atoms with Gasteiger partial charge in [0.25, 0.3) is 0 Å². The first-order valence-electron chi connectivity index (χ1n) is 8.41. The molecule has 3 rings (SSSR count). The summed E-state index contributed by atoms with van der Waals surface area (Å²) in [6, 6.07) is 6.00. The monoisotopic (exact) mass is 360 g/mol. The molecule has 26 heavy (non-hydrogen) atoms. The third-order valence-corrected chi connectivity index (χ3v) is 4.90. The molecule has 0 bridgehead atoms. The maximum Gasteiger partial charge on any atom is 0.355 e. The average molecular weight is 360 g/mol. The van der Waals surface area contributed by atoms with Gasteiger partial charge in [-0.1, -0.05) is 13.8 Å². The van der Waals surface area contributed by atoms with Crippen molar-refractivity contribution in [3.8, 4) is 0 Å². The van der Waals surface area contributed by atoms with Crippen LogP contribution in [-0.4, -0.2) is 53.1 Å². The van der Waals surface area contributed by atoms with E-state index in [9.17, 15) is 9.59 Å². The Kier molecular flexibility index (Phi) is 4.66. The summed E-state index contributed by atoms with van der Waals surface area (Å²) in [6.07, 6.45) is 0. The average Bonchev–Trinajstić information content (AvgIpc) is 2.88. The standard InChI is InChI=1S/C19H24N2O5/c1-19(2)10-20(3)15-7-6-12(8-14(15)19)21-11-26-9-13(17(22)24-4)16(21)18(23)25-5/h6-8H,9-11H2,1-5H3. The van der Waals surface area contributed by atoms with Crippen LogP contribution in [0.3, 0.4) is 0 Å². The van der Waals surface area contributed by atoms with Crippen molar-refractivity contribution in [1.29, 1.82) is 0 Å². The van der Waals surface area contributed by atoms with E-state index in [1.54, 1.807) is 4.90 Å². The highest BCUT2D eigenvalue weighted by atomic mass is 16.5. The van der Waals surface area contributed by atoms with Crippen LogP contribution in [0.4, 0.5) is 11.4 Å². The smallest absolute Gasteiger partial charge is 0.355 e. The van der Waals surface area contributed by atoms with Crippen LogP contribution in [0.5, 0.6) is 0 Å². The second-order valence-electron chi connectivity index (χ2n) is 7.16. The van der Waals surface area contributed by atoms with Crippen molar-refractivity contribution in [3.63, 3.8) is 0 Å². The number of anilines is 2. The van der Waals surface area contributed by atoms with Crippen molar-refractivity contribution in [2.75, 3.05) is 50.9 Å². The molecule has 0 saturated carbocycles. The molecule has 0 spiro atoms. The lowest BCUT2D eigenvalue weighted by atomic mass is 9.86. The highest BCUT2D eigenvalue weighted by Gasteiger charge is 2.36. The Bertz CT molecular complexity index is 784. The van der Waals surface area contributed by atoms with Crippen LogP contribution in [0.2, 0.25) is 0 Å². The van der Waals surface area contributed by atoms with Crippen LogP contribution in [0.1, 0.15) is 19.4 Å². The molecule has 0 amide bonds. The van der Waals surface area contributed by atoms with Crippen molar-refractivity contribution in [2.24, 2.45) is 0 Å². The molecular formula is C19H24N2O5. The lowest BCUT2D eigenvalue weighted by Crippen LogP contribution is -2.38. The van der Waals surface area contributed by atoms with Gasteiger partial charge in [-0.25, -0.2) is 9.59 Å². The van der Waals surface area contributed by atoms with Crippen molar-refractivity contribution in [3.05, 3.63) is 35.0 Å². The quantitative estimate of drug-likeness (QED) is 0.762. The van der Waals surface area contributed by atoms with Gasteiger partial charge in [0.2, 0.25) is 0 Å². The number of fused-ring (bicyclic) bond motifs is 1. The van der Waals surface area contributed by atoms with Gasteiger partial charge in [-0.2, -0.15) is 0 Å². The highest BCUT2D eigenvalue weighted by molar-refractivity contribution is 6.03. The maximum absolute atomic E-state index is 12.4. The normalized spacial score (nSPS) is 18.7. The Morgan fingerprint density at radius 1 is 1.15 bits per heavy atom. The molecule has 0 saturated heterocycles.